The average molecular weight is 260 g/mol. The van der Waals surface area contributed by atoms with Gasteiger partial charge in [-0.1, -0.05) is 0 Å². The first-order valence-electron chi connectivity index (χ1n) is 2.40. The maximum atomic E-state index is 10.5. The van der Waals surface area contributed by atoms with E-state index in [0.717, 1.165) is 7.11 Å². The molecule has 0 aliphatic rings. The zero-order chi connectivity index (χ0) is 10.2. The van der Waals surface area contributed by atoms with Gasteiger partial charge < -0.3 is 9.79 Å². The van der Waals surface area contributed by atoms with Crippen LogP contribution in [0.3, 0.4) is 0 Å². The molecule has 0 amide bonds. The number of rotatable bonds is 3. The predicted molar refractivity (Wildman–Crippen MR) is 44.8 cm³/mol. The molecule has 0 rings (SSSR count). The summed E-state index contributed by atoms with van der Waals surface area (Å²) in [4.78, 5) is 34.7. The number of halogens is 2. The van der Waals surface area contributed by atoms with Crippen molar-refractivity contribution in [1.82, 2.24) is 0 Å². The first-order chi connectivity index (χ1) is 5.06. The van der Waals surface area contributed by atoms with Gasteiger partial charge in [-0.25, -0.2) is 0 Å². The van der Waals surface area contributed by atoms with Gasteiger partial charge in [0.1, 0.15) is 0 Å². The van der Waals surface area contributed by atoms with Crippen molar-refractivity contribution in [2.24, 2.45) is 0 Å². The normalized spacial score (nSPS) is 14.9. The molecule has 0 fully saturated rings. The van der Waals surface area contributed by atoms with Crippen molar-refractivity contribution in [1.29, 1.82) is 0 Å². The van der Waals surface area contributed by atoms with Crippen molar-refractivity contribution in [2.75, 3.05) is 7.11 Å². The van der Waals surface area contributed by atoms with E-state index in [-0.39, 0.29) is 0 Å². The smallest absolute Gasteiger partial charge is 0.319 e. The first kappa shape index (κ1) is 13.0. The summed E-state index contributed by atoms with van der Waals surface area (Å²) in [6, 6.07) is 0. The van der Waals surface area contributed by atoms with Crippen LogP contribution in [-0.2, 0) is 9.09 Å². The molecule has 0 aromatic heterocycles. The van der Waals surface area contributed by atoms with Crippen LogP contribution in [0.15, 0.2) is 0 Å². The zero-order valence-corrected chi connectivity index (χ0v) is 9.06. The van der Waals surface area contributed by atoms with Crippen LogP contribution in [0.5, 0.6) is 0 Å². The second-order valence-electron chi connectivity index (χ2n) is 1.78. The van der Waals surface area contributed by atoms with Crippen LogP contribution in [0.25, 0.3) is 0 Å². The molecule has 0 saturated carbocycles. The maximum Gasteiger partial charge on any atom is 0.457 e. The fourth-order valence-electron chi connectivity index (χ4n) is 0.280. The predicted octanol–water partition coefficient (Wildman–Crippen LogP) is 0.647. The molecule has 0 heterocycles. The van der Waals surface area contributed by atoms with Gasteiger partial charge in [-0.05, 0) is 23.2 Å². The molecule has 0 aliphatic carbocycles. The Hall–Kier alpha value is 1.04. The van der Waals surface area contributed by atoms with Gasteiger partial charge in [0.25, 0.3) is 0 Å². The van der Waals surface area contributed by atoms with E-state index in [1.165, 1.54) is 0 Å². The Bertz CT molecular complexity index is 210. The minimum atomic E-state index is -5.05. The van der Waals surface area contributed by atoms with Crippen LogP contribution in [0.4, 0.5) is 0 Å². The van der Waals surface area contributed by atoms with E-state index < -0.39 is 19.4 Å². The van der Waals surface area contributed by atoms with E-state index in [2.05, 4.69) is 4.52 Å². The molecule has 0 aromatic carbocycles. The Morgan fingerprint density at radius 2 is 1.75 bits per heavy atom. The lowest BCUT2D eigenvalue weighted by atomic mass is 11.8. The van der Waals surface area contributed by atoms with Crippen LogP contribution in [-0.4, -0.2) is 30.5 Å². The highest BCUT2D eigenvalue weighted by Gasteiger charge is 2.70. The van der Waals surface area contributed by atoms with Crippen LogP contribution >= 0.6 is 38.7 Å². The van der Waals surface area contributed by atoms with Gasteiger partial charge >= 0.3 is 19.4 Å². The summed E-state index contributed by atoms with van der Waals surface area (Å²) in [5.41, 5.74) is 0. The van der Waals surface area contributed by atoms with Crippen molar-refractivity contribution >= 4 is 38.7 Å². The summed E-state index contributed by atoms with van der Waals surface area (Å²) < 4.78 is 11.5. The molecule has 0 unspecified atom stereocenters. The SMILES string of the molecule is CO[P+](O)(O)C(Cl)(Cl)P(=O)(O)O. The van der Waals surface area contributed by atoms with Crippen LogP contribution in [0.2, 0.25) is 0 Å². The molecule has 0 bridgehead atoms. The summed E-state index contributed by atoms with van der Waals surface area (Å²) in [5, 5.41) is 0. The fourth-order valence-corrected chi connectivity index (χ4v) is 2.52. The number of alkyl halides is 2. The second kappa shape index (κ2) is 3.65. The second-order valence-corrected chi connectivity index (χ2v) is 8.40. The molecule has 6 nitrogen and oxygen atoms in total. The Balaban J connectivity index is 4.98. The molecule has 0 atom stereocenters. The Morgan fingerprint density at radius 3 is 1.83 bits per heavy atom. The van der Waals surface area contributed by atoms with Crippen molar-refractivity contribution < 1.29 is 28.7 Å². The first-order valence-corrected chi connectivity index (χ1v) is 6.38. The van der Waals surface area contributed by atoms with Crippen molar-refractivity contribution in [3.63, 3.8) is 0 Å². The van der Waals surface area contributed by atoms with Crippen molar-refractivity contribution in [2.45, 2.75) is 3.82 Å². The van der Waals surface area contributed by atoms with Gasteiger partial charge in [0, 0.05) is 0 Å². The zero-order valence-electron chi connectivity index (χ0n) is 5.76. The standard InChI is InChI=1S/C2H6Cl2O6P2/c1-10-12(8,9)2(3,4)11(5,6)7/h8-9H,1H3,(H-,5,6,7)/p+1. The quantitative estimate of drug-likeness (QED) is 0.438. The highest BCUT2D eigenvalue weighted by molar-refractivity contribution is 7.82. The molecule has 0 spiro atoms. The van der Waals surface area contributed by atoms with Gasteiger partial charge in [0.05, 0.1) is 7.11 Å². The number of hydrogen-bond acceptors (Lipinski definition) is 4. The lowest BCUT2D eigenvalue weighted by Crippen LogP contribution is -2.19. The molecule has 4 N–H and O–H groups in total. The molecule has 0 aliphatic heterocycles. The molecule has 0 radical (unpaired) electrons. The van der Waals surface area contributed by atoms with Gasteiger partial charge in [0.2, 0.25) is 0 Å². The van der Waals surface area contributed by atoms with Gasteiger partial charge in [-0.15, -0.1) is 0 Å². The third kappa shape index (κ3) is 2.29. The summed E-state index contributed by atoms with van der Waals surface area (Å²) >= 11 is 10.1. The van der Waals surface area contributed by atoms with Crippen molar-refractivity contribution in [3.8, 4) is 0 Å². The maximum absolute atomic E-state index is 10.5. The summed E-state index contributed by atoms with van der Waals surface area (Å²) in [5.74, 6) is 0. The topological polar surface area (TPSA) is 107 Å². The molecule has 0 saturated heterocycles. The summed E-state index contributed by atoms with van der Waals surface area (Å²) in [6.45, 7) is 0. The molecule has 0 aromatic rings. The van der Waals surface area contributed by atoms with Gasteiger partial charge in [0.15, 0.2) is 0 Å². The van der Waals surface area contributed by atoms with E-state index >= 15 is 0 Å². The Morgan fingerprint density at radius 1 is 1.42 bits per heavy atom. The molecular formula is C2H7Cl2O6P2+. The highest BCUT2D eigenvalue weighted by atomic mass is 35.5. The highest BCUT2D eigenvalue weighted by Crippen LogP contribution is 2.79. The third-order valence-electron chi connectivity index (χ3n) is 0.956. The summed E-state index contributed by atoms with van der Waals surface area (Å²) in [6.07, 6.45) is 0. The Kier molecular flexibility index (Phi) is 3.97. The van der Waals surface area contributed by atoms with E-state index in [1.54, 1.807) is 0 Å². The van der Waals surface area contributed by atoms with Gasteiger partial charge in [-0.2, -0.15) is 14.3 Å². The van der Waals surface area contributed by atoms with E-state index in [1.807, 2.05) is 0 Å². The number of hydrogen-bond donors (Lipinski definition) is 4. The average Bonchev–Trinajstić information content (AvgIpc) is 1.85. The summed E-state index contributed by atoms with van der Waals surface area (Å²) in [7, 11) is -8.71. The molecular weight excluding hydrogens is 253 g/mol. The van der Waals surface area contributed by atoms with E-state index in [0.29, 0.717) is 0 Å². The van der Waals surface area contributed by atoms with E-state index in [9.17, 15) is 4.57 Å². The van der Waals surface area contributed by atoms with Gasteiger partial charge in [-0.3, -0.25) is 4.57 Å². The third-order valence-corrected chi connectivity index (χ3v) is 7.07. The molecule has 12 heavy (non-hydrogen) atoms. The van der Waals surface area contributed by atoms with Crippen LogP contribution in [0.1, 0.15) is 0 Å². The fraction of sp³-hybridized carbons (Fsp3) is 1.00. The minimum Gasteiger partial charge on any atom is -0.319 e. The lowest BCUT2D eigenvalue weighted by molar-refractivity contribution is 0.271. The van der Waals surface area contributed by atoms with Crippen LogP contribution in [0, 0.1) is 0 Å². The molecule has 74 valence electrons. The monoisotopic (exact) mass is 259 g/mol. The lowest BCUT2D eigenvalue weighted by Gasteiger charge is -2.21. The van der Waals surface area contributed by atoms with E-state index in [4.69, 9.17) is 42.8 Å². The molecule has 10 heteroatoms. The largest absolute Gasteiger partial charge is 0.457 e. The minimum absolute atomic E-state index is 0.822. The van der Waals surface area contributed by atoms with Crippen molar-refractivity contribution in [3.05, 3.63) is 0 Å². The Labute approximate surface area is 78.8 Å². The van der Waals surface area contributed by atoms with Crippen LogP contribution < -0.4 is 0 Å².